The van der Waals surface area contributed by atoms with Crippen molar-refractivity contribution < 1.29 is 0 Å². The Bertz CT molecular complexity index is 1290. The molecule has 4 rings (SSSR count). The van der Waals surface area contributed by atoms with Crippen LogP contribution in [0.3, 0.4) is 0 Å². The van der Waals surface area contributed by atoms with Gasteiger partial charge in [0.1, 0.15) is 0 Å². The normalized spacial score (nSPS) is 12.5. The van der Waals surface area contributed by atoms with Crippen LogP contribution in [0.2, 0.25) is 0 Å². The van der Waals surface area contributed by atoms with Gasteiger partial charge in [0.2, 0.25) is 0 Å². The SMILES string of the molecule is CC(C)(c1ccccc1Br)C(C)(C)c1ccccc1Br.Cc1ccc(C(C)(C)C(C)(C)c2ccc(C)cc2)cc1. The van der Waals surface area contributed by atoms with Crippen LogP contribution in [0.4, 0.5) is 0 Å². The van der Waals surface area contributed by atoms with Crippen LogP contribution in [-0.4, -0.2) is 0 Å². The molecule has 40 heavy (non-hydrogen) atoms. The molecule has 0 radical (unpaired) electrons. The zero-order chi connectivity index (χ0) is 29.9. The summed E-state index contributed by atoms with van der Waals surface area (Å²) in [5.41, 5.74) is 8.25. The molecule has 0 aliphatic heterocycles. The van der Waals surface area contributed by atoms with Gasteiger partial charge < -0.3 is 0 Å². The Morgan fingerprint density at radius 3 is 0.925 bits per heavy atom. The molecule has 0 aromatic heterocycles. The summed E-state index contributed by atoms with van der Waals surface area (Å²) in [6.45, 7) is 22.9. The van der Waals surface area contributed by atoms with E-state index in [2.05, 4.69) is 198 Å². The zero-order valence-corrected chi connectivity index (χ0v) is 29.2. The largest absolute Gasteiger partial charge is 0.0619 e. The number of benzene rings is 4. The van der Waals surface area contributed by atoms with Crippen molar-refractivity contribution in [1.29, 1.82) is 0 Å². The molecule has 0 spiro atoms. The monoisotopic (exact) mass is 660 g/mol. The molecule has 0 bridgehead atoms. The third kappa shape index (κ3) is 6.50. The molecule has 2 heteroatoms. The van der Waals surface area contributed by atoms with Gasteiger partial charge in [-0.3, -0.25) is 0 Å². The standard InChI is InChI=1S/C20H26.C18H20Br2/c1-15-7-11-17(12-8-15)19(3,4)20(5,6)18-13-9-16(2)10-14-18;1-17(2,13-9-5-7-11-15(13)19)18(3,4)14-10-6-8-12-16(14)20/h7-14H,1-6H3;5-12H,1-4H3. The quantitative estimate of drug-likeness (QED) is 0.193. The minimum atomic E-state index is -0.00301. The van der Waals surface area contributed by atoms with E-state index in [-0.39, 0.29) is 21.7 Å². The van der Waals surface area contributed by atoms with Crippen LogP contribution in [0.5, 0.6) is 0 Å². The Morgan fingerprint density at radius 1 is 0.375 bits per heavy atom. The summed E-state index contributed by atoms with van der Waals surface area (Å²) in [5.74, 6) is 0. The second-order valence-electron chi connectivity index (χ2n) is 13.2. The fourth-order valence-electron chi connectivity index (χ4n) is 5.27. The summed E-state index contributed by atoms with van der Waals surface area (Å²) in [5, 5.41) is 0. The first-order valence-electron chi connectivity index (χ1n) is 14.2. The molecule has 4 aromatic carbocycles. The molecular formula is C38H46Br2. The van der Waals surface area contributed by atoms with Crippen molar-refractivity contribution in [1.82, 2.24) is 0 Å². The molecule has 0 heterocycles. The lowest BCUT2D eigenvalue weighted by molar-refractivity contribution is 0.300. The van der Waals surface area contributed by atoms with Gasteiger partial charge in [-0.25, -0.2) is 0 Å². The maximum Gasteiger partial charge on any atom is 0.0213 e. The van der Waals surface area contributed by atoms with Crippen molar-refractivity contribution in [2.24, 2.45) is 0 Å². The van der Waals surface area contributed by atoms with Crippen LogP contribution in [0, 0.1) is 13.8 Å². The van der Waals surface area contributed by atoms with Gasteiger partial charge in [0.05, 0.1) is 0 Å². The van der Waals surface area contributed by atoms with Gasteiger partial charge in [-0.05, 0) is 69.9 Å². The van der Waals surface area contributed by atoms with Gasteiger partial charge in [-0.2, -0.15) is 0 Å². The van der Waals surface area contributed by atoms with E-state index in [1.807, 2.05) is 0 Å². The lowest BCUT2D eigenvalue weighted by atomic mass is 9.61. The predicted molar refractivity (Wildman–Crippen MR) is 183 cm³/mol. The molecule has 0 atom stereocenters. The highest BCUT2D eigenvalue weighted by atomic mass is 79.9. The third-order valence-corrected chi connectivity index (χ3v) is 11.1. The molecule has 0 amide bonds. The van der Waals surface area contributed by atoms with E-state index in [0.29, 0.717) is 0 Å². The maximum atomic E-state index is 3.70. The van der Waals surface area contributed by atoms with Crippen LogP contribution >= 0.6 is 31.9 Å². The predicted octanol–water partition coefficient (Wildman–Crippen LogP) is 12.0. The van der Waals surface area contributed by atoms with E-state index in [0.717, 1.165) is 0 Å². The number of rotatable bonds is 6. The Hall–Kier alpha value is -2.16. The van der Waals surface area contributed by atoms with E-state index in [1.54, 1.807) is 0 Å². The Morgan fingerprint density at radius 2 is 0.650 bits per heavy atom. The van der Waals surface area contributed by atoms with Gasteiger partial charge in [0, 0.05) is 8.95 Å². The smallest absolute Gasteiger partial charge is 0.0213 e. The van der Waals surface area contributed by atoms with Crippen molar-refractivity contribution in [2.45, 2.75) is 90.9 Å². The summed E-state index contributed by atoms with van der Waals surface area (Å²) >= 11 is 7.41. The number of hydrogen-bond donors (Lipinski definition) is 0. The summed E-state index contributed by atoms with van der Waals surface area (Å²) in [6, 6.07) is 34.9. The lowest BCUT2D eigenvalue weighted by Crippen LogP contribution is -2.40. The van der Waals surface area contributed by atoms with Gasteiger partial charge in [0.15, 0.2) is 0 Å². The first kappa shape index (κ1) is 32.4. The molecule has 0 aliphatic rings. The van der Waals surface area contributed by atoms with Crippen LogP contribution in [0.15, 0.2) is 106 Å². The molecular weight excluding hydrogens is 616 g/mol. The maximum absolute atomic E-state index is 3.70. The molecule has 0 nitrogen and oxygen atoms in total. The molecule has 0 unspecified atom stereocenters. The summed E-state index contributed by atoms with van der Waals surface area (Å²) in [6.07, 6.45) is 0. The summed E-state index contributed by atoms with van der Waals surface area (Å²) < 4.78 is 2.34. The van der Waals surface area contributed by atoms with Crippen molar-refractivity contribution in [2.75, 3.05) is 0 Å². The van der Waals surface area contributed by atoms with E-state index in [4.69, 9.17) is 0 Å². The van der Waals surface area contributed by atoms with Gasteiger partial charge in [-0.15, -0.1) is 0 Å². The highest BCUT2D eigenvalue weighted by molar-refractivity contribution is 9.10. The van der Waals surface area contributed by atoms with Crippen LogP contribution in [0.25, 0.3) is 0 Å². The van der Waals surface area contributed by atoms with Crippen molar-refractivity contribution >= 4 is 31.9 Å². The average molecular weight is 663 g/mol. The molecule has 0 saturated carbocycles. The topological polar surface area (TPSA) is 0 Å². The molecule has 0 fully saturated rings. The number of hydrogen-bond acceptors (Lipinski definition) is 0. The minimum Gasteiger partial charge on any atom is -0.0619 e. The van der Waals surface area contributed by atoms with Gasteiger partial charge >= 0.3 is 0 Å². The van der Waals surface area contributed by atoms with Crippen LogP contribution < -0.4 is 0 Å². The molecule has 0 aliphatic carbocycles. The molecule has 4 aromatic rings. The number of aryl methyl sites for hydroxylation is 2. The van der Waals surface area contributed by atoms with Crippen molar-refractivity contribution in [3.8, 4) is 0 Å². The van der Waals surface area contributed by atoms with Gasteiger partial charge in [-0.1, -0.05) is 183 Å². The zero-order valence-electron chi connectivity index (χ0n) is 26.0. The van der Waals surface area contributed by atoms with Crippen molar-refractivity contribution in [3.63, 3.8) is 0 Å². The van der Waals surface area contributed by atoms with E-state index >= 15 is 0 Å². The second kappa shape index (κ2) is 12.4. The second-order valence-corrected chi connectivity index (χ2v) is 14.9. The Kier molecular flexibility index (Phi) is 10.0. The average Bonchev–Trinajstić information content (AvgIpc) is 2.89. The van der Waals surface area contributed by atoms with Crippen LogP contribution in [-0.2, 0) is 21.7 Å². The van der Waals surface area contributed by atoms with Crippen molar-refractivity contribution in [3.05, 3.63) is 139 Å². The van der Waals surface area contributed by atoms with E-state index in [9.17, 15) is 0 Å². The Labute approximate surface area is 260 Å². The third-order valence-electron chi connectivity index (χ3n) is 9.77. The highest BCUT2D eigenvalue weighted by Gasteiger charge is 2.42. The first-order chi connectivity index (χ1) is 18.5. The first-order valence-corrected chi connectivity index (χ1v) is 15.8. The minimum absolute atomic E-state index is 0.00301. The van der Waals surface area contributed by atoms with E-state index < -0.39 is 0 Å². The molecule has 212 valence electrons. The molecule has 0 saturated heterocycles. The molecule has 0 N–H and O–H groups in total. The Balaban J connectivity index is 0.000000220. The lowest BCUT2D eigenvalue weighted by Gasteiger charge is -2.43. The fourth-order valence-corrected chi connectivity index (χ4v) is 6.83. The van der Waals surface area contributed by atoms with E-state index in [1.165, 1.54) is 42.3 Å². The summed E-state index contributed by atoms with van der Waals surface area (Å²) in [7, 11) is 0. The fraction of sp³-hybridized carbons (Fsp3) is 0.368. The van der Waals surface area contributed by atoms with Gasteiger partial charge in [0.25, 0.3) is 0 Å². The summed E-state index contributed by atoms with van der Waals surface area (Å²) in [4.78, 5) is 0. The highest BCUT2D eigenvalue weighted by Crippen LogP contribution is 2.47. The number of halogens is 2. The van der Waals surface area contributed by atoms with Crippen LogP contribution in [0.1, 0.15) is 88.8 Å².